The average molecular weight is 798 g/mol. The highest BCUT2D eigenvalue weighted by atomic mass is 32.2. The highest BCUT2D eigenvalue weighted by molar-refractivity contribution is 7.91. The monoisotopic (exact) mass is 797 g/mol. The molecule has 0 spiro atoms. The number of halogens is 5. The van der Waals surface area contributed by atoms with Crippen molar-refractivity contribution in [3.8, 4) is 5.75 Å². The van der Waals surface area contributed by atoms with Crippen molar-refractivity contribution < 1.29 is 55.1 Å². The Hall–Kier alpha value is -1.44. The first-order valence-electron chi connectivity index (χ1n) is 19.5. The van der Waals surface area contributed by atoms with E-state index in [9.17, 15) is 45.9 Å². The zero-order chi connectivity index (χ0) is 38.6. The summed E-state index contributed by atoms with van der Waals surface area (Å²) in [5.74, 6) is -3.20. The lowest BCUT2D eigenvalue weighted by Crippen LogP contribution is -2.47. The third kappa shape index (κ3) is 9.93. The van der Waals surface area contributed by atoms with Gasteiger partial charge in [-0.15, -0.1) is 0 Å². The number of unbranched alkanes of at least 4 members (excludes halogenated alkanes) is 6. The quantitative estimate of drug-likeness (QED) is 0.0497. The zero-order valence-corrected chi connectivity index (χ0v) is 32.7. The molecule has 0 radical (unpaired) electrons. The zero-order valence-electron chi connectivity index (χ0n) is 31.0. The molecule has 15 heteroatoms. The molecule has 0 aromatic heterocycles. The van der Waals surface area contributed by atoms with Crippen LogP contribution < -0.4 is 4.52 Å². The first-order chi connectivity index (χ1) is 25.0. The molecule has 5 rings (SSSR count). The first kappa shape index (κ1) is 42.7. The second-order valence-corrected chi connectivity index (χ2v) is 19.5. The number of alkyl halides is 5. The summed E-state index contributed by atoms with van der Waals surface area (Å²) in [5, 5.41) is 11.0. The smallest absolute Gasteiger partial charge is 0.459 e. The van der Waals surface area contributed by atoms with Gasteiger partial charge in [-0.2, -0.15) is 26.6 Å². The van der Waals surface area contributed by atoms with Crippen LogP contribution in [0.15, 0.2) is 18.2 Å². The van der Waals surface area contributed by atoms with E-state index < -0.39 is 55.9 Å². The summed E-state index contributed by atoms with van der Waals surface area (Å²) < 4.78 is 100. The molecule has 1 aliphatic heterocycles. The van der Waals surface area contributed by atoms with Gasteiger partial charge < -0.3 is 23.8 Å². The van der Waals surface area contributed by atoms with Gasteiger partial charge in [0, 0.05) is 13.0 Å². The maximum atomic E-state index is 13.4. The van der Waals surface area contributed by atoms with Gasteiger partial charge in [0.2, 0.25) is 0 Å². The number of benzene rings is 1. The number of fused-ring (bicyclic) bond motifs is 5. The van der Waals surface area contributed by atoms with E-state index in [1.165, 1.54) is 17.3 Å². The van der Waals surface area contributed by atoms with Crippen LogP contribution in [0.1, 0.15) is 127 Å². The Balaban J connectivity index is 1.12. The lowest BCUT2D eigenvalue weighted by molar-refractivity contribution is -0.284. The van der Waals surface area contributed by atoms with E-state index in [0.29, 0.717) is 54.4 Å². The number of aliphatic hydroxyl groups is 1. The van der Waals surface area contributed by atoms with Gasteiger partial charge in [-0.05, 0) is 123 Å². The van der Waals surface area contributed by atoms with Gasteiger partial charge in [0.05, 0.1) is 13.2 Å². The Morgan fingerprint density at radius 1 is 1.02 bits per heavy atom. The number of methoxy groups -OCH3 is 1. The number of nitrogens with zero attached hydrogens (tertiary/aromatic N) is 1. The largest absolute Gasteiger partial charge is 0.616 e. The van der Waals surface area contributed by atoms with E-state index in [1.54, 1.807) is 6.07 Å². The third-order valence-electron chi connectivity index (χ3n) is 12.8. The number of aliphatic hydroxyl groups excluding tert-OH is 1. The molecule has 1 aromatic carbocycles. The summed E-state index contributed by atoms with van der Waals surface area (Å²) in [6, 6.07) is 4.92. The molecular formula is C38H57F5NO7PS. The number of esters is 1. The lowest BCUT2D eigenvalue weighted by atomic mass is 9.52. The molecule has 1 aromatic rings. The van der Waals surface area contributed by atoms with E-state index in [2.05, 4.69) is 13.0 Å². The van der Waals surface area contributed by atoms with Crippen LogP contribution in [-0.4, -0.2) is 74.6 Å². The number of hydrogen-bond acceptors (Lipinski definition) is 6. The highest BCUT2D eigenvalue weighted by Crippen LogP contribution is 2.63. The van der Waals surface area contributed by atoms with E-state index in [0.717, 1.165) is 82.6 Å². The van der Waals surface area contributed by atoms with Gasteiger partial charge in [0.15, 0.2) is 0 Å². The van der Waals surface area contributed by atoms with Crippen molar-refractivity contribution in [3.63, 3.8) is 0 Å². The summed E-state index contributed by atoms with van der Waals surface area (Å²) in [4.78, 5) is 23.2. The summed E-state index contributed by atoms with van der Waals surface area (Å²) >= 11 is -1.40. The lowest BCUT2D eigenvalue weighted by Gasteiger charge is -2.53. The van der Waals surface area contributed by atoms with Crippen molar-refractivity contribution in [2.24, 2.45) is 23.2 Å². The predicted molar refractivity (Wildman–Crippen MR) is 193 cm³/mol. The minimum absolute atomic E-state index is 0.0901. The molecule has 3 aliphatic carbocycles. The maximum Gasteiger partial charge on any atom is 0.459 e. The second-order valence-electron chi connectivity index (χ2n) is 16.1. The van der Waals surface area contributed by atoms with Gasteiger partial charge in [-0.3, -0.25) is 4.79 Å². The van der Waals surface area contributed by atoms with Crippen LogP contribution in [0.25, 0.3) is 0 Å². The van der Waals surface area contributed by atoms with Crippen LogP contribution in [0.4, 0.5) is 22.0 Å². The predicted octanol–water partition coefficient (Wildman–Crippen LogP) is 9.09. The molecule has 4 aliphatic rings. The Bertz CT molecular complexity index is 1440. The van der Waals surface area contributed by atoms with Crippen LogP contribution in [0, 0.1) is 23.2 Å². The minimum atomic E-state index is -5.57. The first-order valence-corrected chi connectivity index (χ1v) is 22.5. The highest BCUT2D eigenvalue weighted by Gasteiger charge is 2.57. The van der Waals surface area contributed by atoms with Crippen molar-refractivity contribution in [2.45, 2.75) is 146 Å². The normalized spacial score (nSPS) is 30.6. The molecule has 8 nitrogen and oxygen atoms in total. The van der Waals surface area contributed by atoms with Crippen LogP contribution >= 0.6 is 7.75 Å². The van der Waals surface area contributed by atoms with E-state index in [4.69, 9.17) is 9.26 Å². The molecule has 1 heterocycles. The third-order valence-corrected chi connectivity index (χ3v) is 15.9. The Labute approximate surface area is 313 Å². The summed E-state index contributed by atoms with van der Waals surface area (Å²) in [6.45, 7) is 2.52. The van der Waals surface area contributed by atoms with Crippen LogP contribution in [0.3, 0.4) is 0 Å². The summed E-state index contributed by atoms with van der Waals surface area (Å²) in [7, 11) is -3.06. The van der Waals surface area contributed by atoms with Gasteiger partial charge in [0.25, 0.3) is 0 Å². The van der Waals surface area contributed by atoms with Crippen molar-refractivity contribution in [1.29, 1.82) is 0 Å². The number of rotatable bonds is 18. The van der Waals surface area contributed by atoms with Crippen LogP contribution in [0.5, 0.6) is 5.75 Å². The van der Waals surface area contributed by atoms with E-state index in [1.807, 2.05) is 6.07 Å². The molecular weight excluding hydrogens is 740 g/mol. The summed E-state index contributed by atoms with van der Waals surface area (Å²) in [5.41, 5.74) is 2.31. The molecule has 2 saturated carbocycles. The van der Waals surface area contributed by atoms with E-state index >= 15 is 0 Å². The Kier molecular flexibility index (Phi) is 14.3. The van der Waals surface area contributed by atoms with Gasteiger partial charge in [-0.25, -0.2) is 4.57 Å². The fourth-order valence-corrected chi connectivity index (χ4v) is 12.6. The van der Waals surface area contributed by atoms with Crippen molar-refractivity contribution >= 4 is 24.9 Å². The Morgan fingerprint density at radius 2 is 1.70 bits per heavy atom. The fourth-order valence-electron chi connectivity index (χ4n) is 9.95. The molecule has 0 amide bonds. The molecule has 53 heavy (non-hydrogen) atoms. The molecule has 1 unspecified atom stereocenters. The molecule has 9 atom stereocenters. The van der Waals surface area contributed by atoms with Gasteiger partial charge in [0.1, 0.15) is 23.3 Å². The van der Waals surface area contributed by atoms with Crippen molar-refractivity contribution in [2.75, 3.05) is 25.2 Å². The SMILES string of the molecule is COC(=O)[C@@H]1CCCN1P(=O)(O)Oc1ccc2c(c1)C[C@@H](CCCCCCCCC[S@+]([O-])CCCC(F)(F)C(F)(F)F)[C@@H]1[C@@H]2CC[C@]2(C)[C@@H](O)CC[C@@H]12. The van der Waals surface area contributed by atoms with Crippen molar-refractivity contribution in [1.82, 2.24) is 4.67 Å². The molecule has 1 saturated heterocycles. The minimum Gasteiger partial charge on any atom is -0.616 e. The molecule has 3 fully saturated rings. The topological polar surface area (TPSA) is 119 Å². The second kappa shape index (κ2) is 17.8. The number of carbonyl (C=O) groups excluding carboxylic acids is 1. The van der Waals surface area contributed by atoms with Crippen molar-refractivity contribution in [3.05, 3.63) is 29.3 Å². The summed E-state index contributed by atoms with van der Waals surface area (Å²) in [6.07, 6.45) is 5.63. The van der Waals surface area contributed by atoms with Gasteiger partial charge in [-0.1, -0.05) is 56.3 Å². The number of carbonyl (C=O) groups is 1. The number of hydrogen-bond donors (Lipinski definition) is 2. The van der Waals surface area contributed by atoms with Crippen LogP contribution in [0.2, 0.25) is 0 Å². The maximum absolute atomic E-state index is 13.4. The molecule has 0 bridgehead atoms. The van der Waals surface area contributed by atoms with E-state index in [-0.39, 0.29) is 23.8 Å². The van der Waals surface area contributed by atoms with Gasteiger partial charge >= 0.3 is 25.8 Å². The molecule has 2 N–H and O–H groups in total. The standard InChI is InChI=1S/C38H57F5NO7PS/c1-36-20-18-30-29-15-14-28(51-52(47,48)44-21-10-13-32(44)35(46)50-2)25-27(29)24-26(34(30)31(36)16-17-33(36)45)12-8-6-4-3-5-7-9-22-53(49)23-11-19-37(39,40)38(41,42)43/h14-15,25-26,30-34,45H,3-13,16-24H2,1-2H3,(H,47,48)/t26-,30-,31+,32+,33+,34-,36+,53+/m1/s1. The fraction of sp³-hybridized carbons (Fsp3) is 0.816. The Morgan fingerprint density at radius 3 is 2.40 bits per heavy atom. The average Bonchev–Trinajstić information content (AvgIpc) is 3.71. The number of ether oxygens (including phenoxy) is 1. The van der Waals surface area contributed by atoms with Crippen LogP contribution in [-0.2, 0) is 31.7 Å². The molecule has 302 valence electrons.